The molecule has 0 amide bonds. The molecule has 1 N–H and O–H groups in total. The Balaban J connectivity index is 1.97. The predicted molar refractivity (Wildman–Crippen MR) is 101 cm³/mol. The van der Waals surface area contributed by atoms with Gasteiger partial charge in [-0.2, -0.15) is 0 Å². The minimum Gasteiger partial charge on any atom is -0.496 e. The molecular weight excluding hydrogens is 348 g/mol. The number of benzene rings is 2. The molecule has 0 bridgehead atoms. The summed E-state index contributed by atoms with van der Waals surface area (Å²) in [6.07, 6.45) is 1.40. The molecule has 0 spiro atoms. The number of carboxylic acids is 1. The molecule has 0 fully saturated rings. The van der Waals surface area contributed by atoms with E-state index >= 15 is 0 Å². The van der Waals surface area contributed by atoms with Crippen LogP contribution in [0.2, 0.25) is 0 Å². The number of rotatable bonds is 6. The lowest BCUT2D eigenvalue weighted by Crippen LogP contribution is -2.30. The number of hydrogen-bond acceptors (Lipinski definition) is 5. The molecule has 3 aromatic rings. The van der Waals surface area contributed by atoms with Gasteiger partial charge in [-0.3, -0.25) is 9.59 Å². The summed E-state index contributed by atoms with van der Waals surface area (Å²) in [5.41, 5.74) is 0.214. The number of fused-ring (bicyclic) bond motifs is 1. The van der Waals surface area contributed by atoms with Crippen LogP contribution >= 0.6 is 0 Å². The highest BCUT2D eigenvalue weighted by Gasteiger charge is 2.28. The van der Waals surface area contributed by atoms with E-state index in [1.165, 1.54) is 6.26 Å². The fourth-order valence-electron chi connectivity index (χ4n) is 2.58. The first-order chi connectivity index (χ1) is 12.8. The molecule has 27 heavy (non-hydrogen) atoms. The van der Waals surface area contributed by atoms with E-state index in [2.05, 4.69) is 0 Å². The third-order valence-electron chi connectivity index (χ3n) is 4.32. The Kier molecular flexibility index (Phi) is 4.90. The summed E-state index contributed by atoms with van der Waals surface area (Å²) in [6, 6.07) is 12.0. The van der Waals surface area contributed by atoms with Gasteiger partial charge in [0.1, 0.15) is 30.0 Å². The zero-order valence-electron chi connectivity index (χ0n) is 15.3. The summed E-state index contributed by atoms with van der Waals surface area (Å²) in [7, 11) is 1.55. The summed E-state index contributed by atoms with van der Waals surface area (Å²) in [5.74, 6) is 0.0706. The van der Waals surface area contributed by atoms with E-state index < -0.39 is 11.4 Å². The van der Waals surface area contributed by atoms with Crippen molar-refractivity contribution in [1.29, 1.82) is 0 Å². The van der Waals surface area contributed by atoms with Crippen LogP contribution in [-0.4, -0.2) is 24.8 Å². The second kappa shape index (κ2) is 7.15. The largest absolute Gasteiger partial charge is 0.496 e. The number of carboxylic acid groups (broad SMARTS) is 1. The third kappa shape index (κ3) is 3.65. The minimum atomic E-state index is -1.02. The highest BCUT2D eigenvalue weighted by Crippen LogP contribution is 2.29. The first kappa shape index (κ1) is 18.5. The Hall–Kier alpha value is -3.28. The SMILES string of the molecule is COc1ccccc1-c1coc2cc(OCC(C)(C)C(=O)O)ccc2c1=O. The summed E-state index contributed by atoms with van der Waals surface area (Å²) < 4.78 is 16.5. The van der Waals surface area contributed by atoms with Crippen molar-refractivity contribution in [1.82, 2.24) is 0 Å². The Morgan fingerprint density at radius 2 is 1.89 bits per heavy atom. The molecule has 0 atom stereocenters. The van der Waals surface area contributed by atoms with E-state index in [1.807, 2.05) is 12.1 Å². The molecule has 2 aromatic carbocycles. The van der Waals surface area contributed by atoms with Crippen molar-refractivity contribution in [2.24, 2.45) is 5.41 Å². The molecule has 0 unspecified atom stereocenters. The van der Waals surface area contributed by atoms with Crippen molar-refractivity contribution in [3.05, 3.63) is 59.0 Å². The Morgan fingerprint density at radius 3 is 2.59 bits per heavy atom. The Morgan fingerprint density at radius 1 is 1.15 bits per heavy atom. The topological polar surface area (TPSA) is 86.0 Å². The van der Waals surface area contributed by atoms with Crippen molar-refractivity contribution in [3.8, 4) is 22.6 Å². The minimum absolute atomic E-state index is 0.00261. The van der Waals surface area contributed by atoms with Crippen LogP contribution in [0.4, 0.5) is 0 Å². The second-order valence-corrected chi connectivity index (χ2v) is 6.81. The number of para-hydroxylation sites is 1. The number of aliphatic carboxylic acids is 1. The smallest absolute Gasteiger partial charge is 0.312 e. The standard InChI is InChI=1S/C21H20O6/c1-21(2,20(23)24)12-27-13-8-9-15-18(10-13)26-11-16(19(15)22)14-6-4-5-7-17(14)25-3/h4-11H,12H2,1-3H3,(H,23,24). The van der Waals surface area contributed by atoms with E-state index in [-0.39, 0.29) is 12.0 Å². The maximum Gasteiger partial charge on any atom is 0.312 e. The van der Waals surface area contributed by atoms with Gasteiger partial charge < -0.3 is 19.0 Å². The van der Waals surface area contributed by atoms with Crippen molar-refractivity contribution < 1.29 is 23.8 Å². The second-order valence-electron chi connectivity index (χ2n) is 6.81. The number of methoxy groups -OCH3 is 1. The average molecular weight is 368 g/mol. The van der Waals surface area contributed by atoms with Crippen LogP contribution in [0.25, 0.3) is 22.1 Å². The van der Waals surface area contributed by atoms with Crippen LogP contribution < -0.4 is 14.9 Å². The average Bonchev–Trinajstić information content (AvgIpc) is 2.66. The van der Waals surface area contributed by atoms with Crippen molar-refractivity contribution >= 4 is 16.9 Å². The van der Waals surface area contributed by atoms with Gasteiger partial charge in [0.05, 0.1) is 23.5 Å². The summed E-state index contributed by atoms with van der Waals surface area (Å²) in [5, 5.41) is 9.56. The molecule has 1 aromatic heterocycles. The Labute approximate surface area is 156 Å². The fourth-order valence-corrected chi connectivity index (χ4v) is 2.58. The van der Waals surface area contributed by atoms with Gasteiger partial charge in [0.2, 0.25) is 5.43 Å². The molecule has 0 saturated heterocycles. The van der Waals surface area contributed by atoms with Crippen LogP contribution in [0, 0.1) is 5.41 Å². The van der Waals surface area contributed by atoms with Gasteiger partial charge in [-0.15, -0.1) is 0 Å². The highest BCUT2D eigenvalue weighted by molar-refractivity contribution is 5.84. The van der Waals surface area contributed by atoms with Crippen LogP contribution in [0.1, 0.15) is 13.8 Å². The molecule has 6 heteroatoms. The molecule has 3 rings (SSSR count). The van der Waals surface area contributed by atoms with E-state index in [9.17, 15) is 9.59 Å². The molecule has 140 valence electrons. The van der Waals surface area contributed by atoms with Crippen LogP contribution in [0.3, 0.4) is 0 Å². The maximum atomic E-state index is 12.9. The van der Waals surface area contributed by atoms with Crippen molar-refractivity contribution in [2.75, 3.05) is 13.7 Å². The first-order valence-corrected chi connectivity index (χ1v) is 8.38. The first-order valence-electron chi connectivity index (χ1n) is 8.38. The molecule has 1 heterocycles. The summed E-state index contributed by atoms with van der Waals surface area (Å²) >= 11 is 0. The lowest BCUT2D eigenvalue weighted by Gasteiger charge is -2.19. The van der Waals surface area contributed by atoms with Crippen molar-refractivity contribution in [3.63, 3.8) is 0 Å². The van der Waals surface area contributed by atoms with E-state index in [1.54, 1.807) is 51.3 Å². The normalized spacial score (nSPS) is 11.4. The zero-order chi connectivity index (χ0) is 19.6. The van der Waals surface area contributed by atoms with Crippen molar-refractivity contribution in [2.45, 2.75) is 13.8 Å². The third-order valence-corrected chi connectivity index (χ3v) is 4.32. The molecule has 6 nitrogen and oxygen atoms in total. The monoisotopic (exact) mass is 368 g/mol. The molecular formula is C21H20O6. The molecule has 0 aliphatic rings. The number of ether oxygens (including phenoxy) is 2. The number of hydrogen-bond donors (Lipinski definition) is 1. The molecule has 0 radical (unpaired) electrons. The van der Waals surface area contributed by atoms with Gasteiger partial charge in [-0.25, -0.2) is 0 Å². The molecule has 0 aliphatic heterocycles. The lowest BCUT2D eigenvalue weighted by atomic mass is 9.95. The van der Waals surface area contributed by atoms with Gasteiger partial charge in [-0.1, -0.05) is 18.2 Å². The van der Waals surface area contributed by atoms with E-state index in [4.69, 9.17) is 19.0 Å². The quantitative estimate of drug-likeness (QED) is 0.709. The van der Waals surface area contributed by atoms with Gasteiger partial charge in [-0.05, 0) is 32.0 Å². The maximum absolute atomic E-state index is 12.9. The molecule has 0 aliphatic carbocycles. The number of carbonyl (C=O) groups is 1. The lowest BCUT2D eigenvalue weighted by molar-refractivity contribution is -0.148. The van der Waals surface area contributed by atoms with Crippen LogP contribution in [-0.2, 0) is 4.79 Å². The van der Waals surface area contributed by atoms with E-state index in [0.29, 0.717) is 33.6 Å². The van der Waals surface area contributed by atoms with Gasteiger partial charge >= 0.3 is 5.97 Å². The summed E-state index contributed by atoms with van der Waals surface area (Å²) in [4.78, 5) is 24.1. The Bertz CT molecular complexity index is 1050. The fraction of sp³-hybridized carbons (Fsp3) is 0.238. The van der Waals surface area contributed by atoms with Gasteiger partial charge in [0, 0.05) is 11.6 Å². The van der Waals surface area contributed by atoms with Gasteiger partial charge in [0.15, 0.2) is 0 Å². The van der Waals surface area contributed by atoms with Crippen LogP contribution in [0.15, 0.2) is 57.9 Å². The highest BCUT2D eigenvalue weighted by atomic mass is 16.5. The predicted octanol–water partition coefficient (Wildman–Crippen LogP) is 3.96. The zero-order valence-corrected chi connectivity index (χ0v) is 15.3. The molecule has 0 saturated carbocycles. The summed E-state index contributed by atoms with van der Waals surface area (Å²) in [6.45, 7) is 3.16. The van der Waals surface area contributed by atoms with E-state index in [0.717, 1.165) is 0 Å². The van der Waals surface area contributed by atoms with Crippen LogP contribution in [0.5, 0.6) is 11.5 Å². The van der Waals surface area contributed by atoms with Gasteiger partial charge in [0.25, 0.3) is 0 Å².